The second-order valence-electron chi connectivity index (χ2n) is 6.68. The van der Waals surface area contributed by atoms with E-state index in [2.05, 4.69) is 0 Å². The summed E-state index contributed by atoms with van der Waals surface area (Å²) in [5.74, 6) is -5.79. The van der Waals surface area contributed by atoms with E-state index in [4.69, 9.17) is 0 Å². The van der Waals surface area contributed by atoms with E-state index in [0.29, 0.717) is 12.8 Å². The Kier molecular flexibility index (Phi) is 7.72. The SMILES string of the molecule is CCCC(F)=C(F)c1cc(F)c(CCc2cc(F)c(CCC)c(F)c2)c(F)c1. The van der Waals surface area contributed by atoms with E-state index in [-0.39, 0.29) is 42.4 Å². The van der Waals surface area contributed by atoms with E-state index >= 15 is 0 Å². The molecule has 0 atom stereocenters. The predicted octanol–water partition coefficient (Wildman–Crippen LogP) is 7.39. The van der Waals surface area contributed by atoms with Crippen molar-refractivity contribution in [1.29, 1.82) is 0 Å². The Hall–Kier alpha value is -2.24. The van der Waals surface area contributed by atoms with Gasteiger partial charge in [-0.1, -0.05) is 20.3 Å². The third-order valence-electron chi connectivity index (χ3n) is 4.47. The molecule has 0 aromatic heterocycles. The summed E-state index contributed by atoms with van der Waals surface area (Å²) in [7, 11) is 0. The van der Waals surface area contributed by atoms with Crippen LogP contribution in [0.4, 0.5) is 26.3 Å². The highest BCUT2D eigenvalue weighted by Crippen LogP contribution is 2.28. The smallest absolute Gasteiger partial charge is 0.161 e. The summed E-state index contributed by atoms with van der Waals surface area (Å²) in [4.78, 5) is 0. The normalized spacial score (nSPS) is 12.3. The maximum absolute atomic E-state index is 14.2. The largest absolute Gasteiger partial charge is 0.209 e. The lowest BCUT2D eigenvalue weighted by atomic mass is 9.99. The summed E-state index contributed by atoms with van der Waals surface area (Å²) >= 11 is 0. The van der Waals surface area contributed by atoms with Crippen LogP contribution in [0.2, 0.25) is 0 Å². The van der Waals surface area contributed by atoms with Gasteiger partial charge < -0.3 is 0 Å². The Morgan fingerprint density at radius 3 is 1.68 bits per heavy atom. The van der Waals surface area contributed by atoms with Crippen LogP contribution < -0.4 is 0 Å². The van der Waals surface area contributed by atoms with Crippen molar-refractivity contribution in [3.63, 3.8) is 0 Å². The van der Waals surface area contributed by atoms with E-state index in [1.54, 1.807) is 13.8 Å². The molecule has 2 aromatic rings. The average molecular weight is 400 g/mol. The monoisotopic (exact) mass is 400 g/mol. The molecule has 0 aliphatic rings. The molecule has 0 aliphatic heterocycles. The van der Waals surface area contributed by atoms with Crippen molar-refractivity contribution in [2.24, 2.45) is 0 Å². The molecule has 0 aliphatic carbocycles. The molecule has 0 spiro atoms. The summed E-state index contributed by atoms with van der Waals surface area (Å²) in [6.07, 6.45) is 0.854. The topological polar surface area (TPSA) is 0 Å². The van der Waals surface area contributed by atoms with Crippen LogP contribution in [-0.2, 0) is 19.3 Å². The molecule has 0 amide bonds. The molecule has 0 bridgehead atoms. The van der Waals surface area contributed by atoms with E-state index < -0.39 is 40.5 Å². The van der Waals surface area contributed by atoms with Crippen LogP contribution in [0.1, 0.15) is 55.4 Å². The Balaban J connectivity index is 2.23. The third kappa shape index (κ3) is 5.18. The highest BCUT2D eigenvalue weighted by Gasteiger charge is 2.17. The summed E-state index contributed by atoms with van der Waals surface area (Å²) < 4.78 is 84.0. The van der Waals surface area contributed by atoms with Crippen LogP contribution >= 0.6 is 0 Å². The molecule has 0 N–H and O–H groups in total. The summed E-state index contributed by atoms with van der Waals surface area (Å²) in [6.45, 7) is 3.45. The van der Waals surface area contributed by atoms with E-state index in [1.165, 1.54) is 0 Å². The van der Waals surface area contributed by atoms with Crippen LogP contribution in [0, 0.1) is 23.3 Å². The highest BCUT2D eigenvalue weighted by atomic mass is 19.2. The van der Waals surface area contributed by atoms with Crippen molar-refractivity contribution in [2.45, 2.75) is 52.4 Å². The molecule has 6 heteroatoms. The molecule has 28 heavy (non-hydrogen) atoms. The van der Waals surface area contributed by atoms with E-state index in [0.717, 1.165) is 24.3 Å². The fraction of sp³-hybridized carbons (Fsp3) is 0.364. The average Bonchev–Trinajstić information content (AvgIpc) is 2.63. The quantitative estimate of drug-likeness (QED) is 0.405. The van der Waals surface area contributed by atoms with Crippen molar-refractivity contribution in [3.8, 4) is 0 Å². The first kappa shape index (κ1) is 22.1. The van der Waals surface area contributed by atoms with Crippen molar-refractivity contribution < 1.29 is 26.3 Å². The molecule has 152 valence electrons. The van der Waals surface area contributed by atoms with Crippen LogP contribution in [0.5, 0.6) is 0 Å². The summed E-state index contributed by atoms with van der Waals surface area (Å²) in [6, 6.07) is 3.77. The Morgan fingerprint density at radius 1 is 0.679 bits per heavy atom. The van der Waals surface area contributed by atoms with Crippen LogP contribution in [0.25, 0.3) is 5.83 Å². The van der Waals surface area contributed by atoms with Gasteiger partial charge in [0.05, 0.1) is 0 Å². The van der Waals surface area contributed by atoms with E-state index in [9.17, 15) is 26.3 Å². The summed E-state index contributed by atoms with van der Waals surface area (Å²) in [5, 5.41) is 0. The molecule has 0 nitrogen and oxygen atoms in total. The van der Waals surface area contributed by atoms with Crippen LogP contribution in [0.3, 0.4) is 0 Å². The first-order chi connectivity index (χ1) is 13.3. The Morgan fingerprint density at radius 2 is 1.18 bits per heavy atom. The van der Waals surface area contributed by atoms with E-state index in [1.807, 2.05) is 0 Å². The number of hydrogen-bond acceptors (Lipinski definition) is 0. The van der Waals surface area contributed by atoms with Gasteiger partial charge in [-0.15, -0.1) is 0 Å². The van der Waals surface area contributed by atoms with Gasteiger partial charge in [-0.2, -0.15) is 0 Å². The number of rotatable bonds is 8. The number of hydrogen-bond donors (Lipinski definition) is 0. The molecule has 2 rings (SSSR count). The Labute approximate surface area is 160 Å². The van der Waals surface area contributed by atoms with Gasteiger partial charge in [0.25, 0.3) is 0 Å². The zero-order valence-corrected chi connectivity index (χ0v) is 15.8. The van der Waals surface area contributed by atoms with Crippen LogP contribution in [-0.4, -0.2) is 0 Å². The van der Waals surface area contributed by atoms with Crippen molar-refractivity contribution in [2.75, 3.05) is 0 Å². The number of benzene rings is 2. The Bertz CT molecular complexity index is 823. The van der Waals surface area contributed by atoms with Crippen LogP contribution in [0.15, 0.2) is 30.1 Å². The zero-order valence-electron chi connectivity index (χ0n) is 15.8. The third-order valence-corrected chi connectivity index (χ3v) is 4.47. The van der Waals surface area contributed by atoms with Crippen molar-refractivity contribution >= 4 is 5.83 Å². The fourth-order valence-electron chi connectivity index (χ4n) is 3.01. The molecule has 0 saturated carbocycles. The zero-order chi connectivity index (χ0) is 20.8. The predicted molar refractivity (Wildman–Crippen MR) is 98.2 cm³/mol. The standard InChI is InChI=1S/C22H22F6/c1-3-5-15-18(24)9-13(10-19(15)25)7-8-16-20(26)11-14(12-21(16)27)22(28)17(23)6-4-2/h9-12H,3-8H2,1-2H3. The van der Waals surface area contributed by atoms with Gasteiger partial charge >= 0.3 is 0 Å². The second kappa shape index (κ2) is 9.80. The summed E-state index contributed by atoms with van der Waals surface area (Å²) in [5.41, 5.74) is -0.598. The van der Waals surface area contributed by atoms with Gasteiger partial charge in [-0.05, 0) is 55.5 Å². The minimum Gasteiger partial charge on any atom is -0.209 e. The maximum atomic E-state index is 14.2. The molecule has 0 unspecified atom stereocenters. The van der Waals surface area contributed by atoms with Gasteiger partial charge in [0.15, 0.2) is 5.83 Å². The highest BCUT2D eigenvalue weighted by molar-refractivity contribution is 5.61. The molecular formula is C22H22F6. The lowest BCUT2D eigenvalue weighted by Gasteiger charge is -2.10. The fourth-order valence-corrected chi connectivity index (χ4v) is 3.01. The molecule has 0 radical (unpaired) electrons. The van der Waals surface area contributed by atoms with Crippen molar-refractivity contribution in [1.82, 2.24) is 0 Å². The van der Waals surface area contributed by atoms with Crippen molar-refractivity contribution in [3.05, 3.63) is 75.6 Å². The number of halogens is 6. The molecular weight excluding hydrogens is 378 g/mol. The maximum Gasteiger partial charge on any atom is 0.161 e. The van der Waals surface area contributed by atoms with Gasteiger partial charge in [0.2, 0.25) is 0 Å². The molecule has 2 aromatic carbocycles. The number of allylic oxidation sites excluding steroid dienone is 1. The van der Waals surface area contributed by atoms with Gasteiger partial charge in [0, 0.05) is 23.1 Å². The van der Waals surface area contributed by atoms with Gasteiger partial charge in [-0.3, -0.25) is 0 Å². The van der Waals surface area contributed by atoms with Gasteiger partial charge in [0.1, 0.15) is 29.1 Å². The second-order valence-corrected chi connectivity index (χ2v) is 6.68. The minimum atomic E-state index is -1.29. The molecule has 0 heterocycles. The number of aryl methyl sites for hydroxylation is 1. The first-order valence-electron chi connectivity index (χ1n) is 9.27. The minimum absolute atomic E-state index is 0.00402. The molecule has 0 fully saturated rings. The van der Waals surface area contributed by atoms with Gasteiger partial charge in [-0.25, -0.2) is 26.3 Å². The lowest BCUT2D eigenvalue weighted by Crippen LogP contribution is -2.03. The lowest BCUT2D eigenvalue weighted by molar-refractivity contribution is 0.541. The first-order valence-corrected chi connectivity index (χ1v) is 9.27. The molecule has 0 saturated heterocycles.